The second-order valence-electron chi connectivity index (χ2n) is 8.27. The number of hydrogen-bond donors (Lipinski definition) is 4. The maximum absolute atomic E-state index is 13.4. The number of ketones is 2. The molecule has 0 saturated carbocycles. The third-order valence-electron chi connectivity index (χ3n) is 5.61. The van der Waals surface area contributed by atoms with E-state index in [1.54, 1.807) is 36.4 Å². The smallest absolute Gasteiger partial charge is 0.238 e. The van der Waals surface area contributed by atoms with Crippen LogP contribution in [-0.2, 0) is 9.59 Å². The Morgan fingerprint density at radius 2 is 1.09 bits per heavy atom. The minimum atomic E-state index is -0.364. The van der Waals surface area contributed by atoms with E-state index in [0.717, 1.165) is 38.8 Å². The number of carbonyl (C=O) groups is 4. The fraction of sp³-hybridized carbons (Fsp3) is 0.385. The number of unbranched alkanes of at least 4 members (excludes halogenated alkanes) is 2. The number of amides is 2. The lowest BCUT2D eigenvalue weighted by atomic mass is 9.82. The molecule has 3 rings (SSSR count). The van der Waals surface area contributed by atoms with Crippen molar-refractivity contribution in [1.29, 1.82) is 0 Å². The Bertz CT molecular complexity index is 995. The summed E-state index contributed by atoms with van der Waals surface area (Å²) in [5, 5.41) is 11.6. The van der Waals surface area contributed by atoms with Crippen LogP contribution >= 0.6 is 0 Å². The van der Waals surface area contributed by atoms with Gasteiger partial charge in [-0.3, -0.25) is 19.2 Å². The maximum Gasteiger partial charge on any atom is 0.238 e. The van der Waals surface area contributed by atoms with Crippen molar-refractivity contribution in [3.63, 3.8) is 0 Å². The van der Waals surface area contributed by atoms with Gasteiger partial charge in [0.25, 0.3) is 0 Å². The van der Waals surface area contributed by atoms with E-state index in [0.29, 0.717) is 11.4 Å². The Hall–Kier alpha value is -3.36. The van der Waals surface area contributed by atoms with Crippen molar-refractivity contribution in [1.82, 2.24) is 10.6 Å². The van der Waals surface area contributed by atoms with Crippen LogP contribution in [-0.4, -0.2) is 49.6 Å². The van der Waals surface area contributed by atoms with Crippen LogP contribution in [0.4, 0.5) is 11.4 Å². The summed E-state index contributed by atoms with van der Waals surface area (Å²) in [5.74, 6) is -1.30. The van der Waals surface area contributed by atoms with Crippen LogP contribution < -0.4 is 21.3 Å². The number of anilines is 2. The highest BCUT2D eigenvalue weighted by atomic mass is 16.2. The van der Waals surface area contributed by atoms with Crippen molar-refractivity contribution in [3.05, 3.63) is 58.7 Å². The first-order chi connectivity index (χ1) is 16.5. The molecule has 8 heteroatoms. The molecular weight excluding hydrogens is 432 g/mol. The number of nitrogens with one attached hydrogen (secondary N) is 4. The average Bonchev–Trinajstić information content (AvgIpc) is 2.83. The zero-order valence-corrected chi connectivity index (χ0v) is 19.8. The largest absolute Gasteiger partial charge is 0.324 e. The number of fused-ring (bicyclic) bond motifs is 2. The summed E-state index contributed by atoms with van der Waals surface area (Å²) >= 11 is 0. The van der Waals surface area contributed by atoms with Gasteiger partial charge in [-0.25, -0.2) is 0 Å². The van der Waals surface area contributed by atoms with Crippen molar-refractivity contribution >= 4 is 34.8 Å². The SMILES string of the molecule is CCCCNCC(=O)Nc1cccc2c1C(=O)c1cccc(NC(=O)CNCCCC)c1C2=O. The first-order valence-corrected chi connectivity index (χ1v) is 11.8. The molecule has 4 N–H and O–H groups in total. The molecule has 0 saturated heterocycles. The summed E-state index contributed by atoms with van der Waals surface area (Å²) in [4.78, 5) is 51.5. The topological polar surface area (TPSA) is 116 Å². The number of rotatable bonds is 12. The molecule has 2 amide bonds. The maximum atomic E-state index is 13.4. The average molecular weight is 465 g/mol. The molecule has 0 heterocycles. The van der Waals surface area contributed by atoms with Crippen molar-refractivity contribution in [3.8, 4) is 0 Å². The molecule has 0 aromatic heterocycles. The molecule has 1 aliphatic rings. The molecule has 2 aromatic carbocycles. The van der Waals surface area contributed by atoms with Gasteiger partial charge in [0.2, 0.25) is 11.8 Å². The Balaban J connectivity index is 1.81. The van der Waals surface area contributed by atoms with Gasteiger partial charge in [0.15, 0.2) is 11.6 Å². The highest BCUT2D eigenvalue weighted by molar-refractivity contribution is 6.32. The molecule has 0 fully saturated rings. The summed E-state index contributed by atoms with van der Waals surface area (Å²) in [6.07, 6.45) is 3.97. The second kappa shape index (κ2) is 12.2. The molecule has 0 radical (unpaired) electrons. The Kier molecular flexibility index (Phi) is 9.07. The highest BCUT2D eigenvalue weighted by Crippen LogP contribution is 2.35. The molecule has 0 spiro atoms. The Morgan fingerprint density at radius 1 is 0.676 bits per heavy atom. The lowest BCUT2D eigenvalue weighted by molar-refractivity contribution is -0.116. The van der Waals surface area contributed by atoms with Gasteiger partial charge in [0, 0.05) is 11.1 Å². The minimum Gasteiger partial charge on any atom is -0.324 e. The van der Waals surface area contributed by atoms with Gasteiger partial charge in [0.1, 0.15) is 0 Å². The van der Waals surface area contributed by atoms with E-state index >= 15 is 0 Å². The summed E-state index contributed by atoms with van der Waals surface area (Å²) in [7, 11) is 0. The normalized spacial score (nSPS) is 12.2. The van der Waals surface area contributed by atoms with Gasteiger partial charge in [0.05, 0.1) is 35.6 Å². The quantitative estimate of drug-likeness (QED) is 0.306. The van der Waals surface area contributed by atoms with Gasteiger partial charge in [-0.15, -0.1) is 0 Å². The van der Waals surface area contributed by atoms with Crippen LogP contribution in [0, 0.1) is 0 Å². The summed E-state index contributed by atoms with van der Waals surface area (Å²) in [5.41, 5.74) is 1.36. The molecule has 0 unspecified atom stereocenters. The second-order valence-corrected chi connectivity index (χ2v) is 8.27. The van der Waals surface area contributed by atoms with E-state index in [1.807, 2.05) is 0 Å². The molecule has 2 aromatic rings. The Morgan fingerprint density at radius 3 is 1.47 bits per heavy atom. The lowest BCUT2D eigenvalue weighted by Crippen LogP contribution is -2.31. The summed E-state index contributed by atoms with van der Waals surface area (Å²) in [6.45, 7) is 5.82. The van der Waals surface area contributed by atoms with Gasteiger partial charge in [-0.05, 0) is 38.1 Å². The zero-order chi connectivity index (χ0) is 24.5. The molecule has 0 atom stereocenters. The van der Waals surface area contributed by atoms with E-state index in [9.17, 15) is 19.2 Å². The third-order valence-corrected chi connectivity index (χ3v) is 5.61. The van der Waals surface area contributed by atoms with Crippen LogP contribution in [0.3, 0.4) is 0 Å². The van der Waals surface area contributed by atoms with Crippen LogP contribution in [0.25, 0.3) is 0 Å². The predicted octanol–water partition coefficient (Wildman–Crippen LogP) is 3.12. The van der Waals surface area contributed by atoms with Gasteiger partial charge >= 0.3 is 0 Å². The van der Waals surface area contributed by atoms with Crippen molar-refractivity contribution in [2.24, 2.45) is 0 Å². The fourth-order valence-corrected chi connectivity index (χ4v) is 3.85. The first-order valence-electron chi connectivity index (χ1n) is 11.8. The standard InChI is InChI=1S/C26H32N4O4/c1-3-5-13-27-15-21(31)29-19-11-7-9-17-23(19)25(33)18-10-8-12-20(24(18)26(17)34)30-22(32)16-28-14-6-4-2/h7-12,27-28H,3-6,13-16H2,1-2H3,(H,29,31)(H,30,32). The lowest BCUT2D eigenvalue weighted by Gasteiger charge is -2.22. The van der Waals surface area contributed by atoms with Gasteiger partial charge in [-0.1, -0.05) is 51.0 Å². The molecule has 0 bridgehead atoms. The molecule has 1 aliphatic carbocycles. The first kappa shape index (κ1) is 25.3. The third kappa shape index (κ3) is 5.95. The van der Waals surface area contributed by atoms with Crippen LogP contribution in [0.1, 0.15) is 71.4 Å². The predicted molar refractivity (Wildman–Crippen MR) is 133 cm³/mol. The summed E-state index contributed by atoms with van der Waals surface area (Å²) in [6, 6.07) is 9.64. The van der Waals surface area contributed by atoms with E-state index in [1.165, 1.54) is 0 Å². The van der Waals surface area contributed by atoms with Crippen LogP contribution in [0.5, 0.6) is 0 Å². The number of carbonyl (C=O) groups excluding carboxylic acids is 4. The van der Waals surface area contributed by atoms with Crippen molar-refractivity contribution in [2.45, 2.75) is 39.5 Å². The Labute approximate surface area is 199 Å². The van der Waals surface area contributed by atoms with Crippen molar-refractivity contribution in [2.75, 3.05) is 36.8 Å². The molecule has 0 aliphatic heterocycles. The number of hydrogen-bond acceptors (Lipinski definition) is 6. The van der Waals surface area contributed by atoms with Gasteiger partial charge in [-0.2, -0.15) is 0 Å². The van der Waals surface area contributed by atoms with Gasteiger partial charge < -0.3 is 21.3 Å². The highest BCUT2D eigenvalue weighted by Gasteiger charge is 2.34. The molecular formula is C26H32N4O4. The van der Waals surface area contributed by atoms with Crippen LogP contribution in [0.2, 0.25) is 0 Å². The zero-order valence-electron chi connectivity index (χ0n) is 19.8. The minimum absolute atomic E-state index is 0.116. The van der Waals surface area contributed by atoms with E-state index in [4.69, 9.17) is 0 Å². The van der Waals surface area contributed by atoms with E-state index < -0.39 is 0 Å². The molecule has 34 heavy (non-hydrogen) atoms. The van der Waals surface area contributed by atoms with E-state index in [2.05, 4.69) is 35.1 Å². The number of benzene rings is 2. The van der Waals surface area contributed by atoms with Crippen LogP contribution in [0.15, 0.2) is 36.4 Å². The fourth-order valence-electron chi connectivity index (χ4n) is 3.85. The molecule has 8 nitrogen and oxygen atoms in total. The molecule has 180 valence electrons. The van der Waals surface area contributed by atoms with Crippen molar-refractivity contribution < 1.29 is 19.2 Å². The van der Waals surface area contributed by atoms with E-state index in [-0.39, 0.29) is 58.7 Å². The monoisotopic (exact) mass is 464 g/mol. The summed E-state index contributed by atoms with van der Waals surface area (Å²) < 4.78 is 0.